The molecule has 2 nitrogen and oxygen atoms in total. The van der Waals surface area contributed by atoms with Gasteiger partial charge in [-0.25, -0.2) is 4.98 Å². The van der Waals surface area contributed by atoms with Crippen LogP contribution < -0.4 is 5.32 Å². The number of hydrogen-bond donors (Lipinski definition) is 1. The van der Waals surface area contributed by atoms with Crippen molar-refractivity contribution in [3.8, 4) is 0 Å². The van der Waals surface area contributed by atoms with Crippen molar-refractivity contribution in [3.05, 3.63) is 49.9 Å². The second-order valence-electron chi connectivity index (χ2n) is 5.33. The van der Waals surface area contributed by atoms with Crippen LogP contribution in [0.25, 0.3) is 0 Å². The molecule has 0 aliphatic rings. The van der Waals surface area contributed by atoms with Gasteiger partial charge in [-0.3, -0.25) is 0 Å². The van der Waals surface area contributed by atoms with E-state index in [1.165, 1.54) is 0 Å². The predicted molar refractivity (Wildman–Crippen MR) is 92.8 cm³/mol. The SMILES string of the molecule is CCCNC(c1ccc(Cl)c(Cl)c1)c1nc(C(C)C)cs1. The Bertz CT molecular complexity index is 596. The Labute approximate surface area is 140 Å². The quantitative estimate of drug-likeness (QED) is 0.732. The van der Waals surface area contributed by atoms with E-state index in [-0.39, 0.29) is 6.04 Å². The van der Waals surface area contributed by atoms with Crippen molar-refractivity contribution in [1.29, 1.82) is 0 Å². The molecule has 2 aromatic rings. The Morgan fingerprint density at radius 2 is 2.00 bits per heavy atom. The van der Waals surface area contributed by atoms with Gasteiger partial charge in [0.2, 0.25) is 0 Å². The Morgan fingerprint density at radius 1 is 1.24 bits per heavy atom. The molecule has 21 heavy (non-hydrogen) atoms. The van der Waals surface area contributed by atoms with Crippen LogP contribution >= 0.6 is 34.5 Å². The van der Waals surface area contributed by atoms with Crippen LogP contribution in [0.4, 0.5) is 0 Å². The van der Waals surface area contributed by atoms with Gasteiger partial charge < -0.3 is 5.32 Å². The second-order valence-corrected chi connectivity index (χ2v) is 7.03. The molecule has 114 valence electrons. The normalized spacial score (nSPS) is 12.9. The summed E-state index contributed by atoms with van der Waals surface area (Å²) < 4.78 is 0. The standard InChI is InChI=1S/C16H20Cl2N2S/c1-4-7-19-15(11-5-6-12(17)13(18)8-11)16-20-14(9-21-16)10(2)3/h5-6,8-10,15,19H,4,7H2,1-3H3. The molecular weight excluding hydrogens is 323 g/mol. The van der Waals surface area contributed by atoms with Crippen molar-refractivity contribution >= 4 is 34.5 Å². The first-order chi connectivity index (χ1) is 10.0. The van der Waals surface area contributed by atoms with Crippen LogP contribution in [-0.2, 0) is 0 Å². The molecule has 1 unspecified atom stereocenters. The summed E-state index contributed by atoms with van der Waals surface area (Å²) in [7, 11) is 0. The van der Waals surface area contributed by atoms with Crippen molar-refractivity contribution in [2.45, 2.75) is 39.2 Å². The fourth-order valence-corrected chi connectivity index (χ4v) is 3.41. The highest BCUT2D eigenvalue weighted by molar-refractivity contribution is 7.09. The average Bonchev–Trinajstić information content (AvgIpc) is 2.93. The molecule has 1 aromatic carbocycles. The number of nitrogens with zero attached hydrogens (tertiary/aromatic N) is 1. The summed E-state index contributed by atoms with van der Waals surface area (Å²) >= 11 is 13.9. The maximum Gasteiger partial charge on any atom is 0.114 e. The first-order valence-corrected chi connectivity index (χ1v) is 8.80. The minimum atomic E-state index is 0.0669. The van der Waals surface area contributed by atoms with E-state index in [0.717, 1.165) is 29.2 Å². The maximum absolute atomic E-state index is 6.16. The first kappa shape index (κ1) is 16.8. The number of halogens is 2. The van der Waals surface area contributed by atoms with Crippen LogP contribution in [0, 0.1) is 0 Å². The molecule has 0 spiro atoms. The molecule has 1 N–H and O–H groups in total. The van der Waals surface area contributed by atoms with Crippen LogP contribution in [-0.4, -0.2) is 11.5 Å². The lowest BCUT2D eigenvalue weighted by Gasteiger charge is -2.17. The van der Waals surface area contributed by atoms with Gasteiger partial charge in [0.05, 0.1) is 21.8 Å². The predicted octanol–water partition coefficient (Wildman–Crippen LogP) is 5.66. The second kappa shape index (κ2) is 7.59. The summed E-state index contributed by atoms with van der Waals surface area (Å²) in [6, 6.07) is 5.85. The van der Waals surface area contributed by atoms with Gasteiger partial charge in [0.1, 0.15) is 5.01 Å². The lowest BCUT2D eigenvalue weighted by molar-refractivity contribution is 0.593. The molecule has 0 fully saturated rings. The lowest BCUT2D eigenvalue weighted by Crippen LogP contribution is -2.23. The van der Waals surface area contributed by atoms with Crippen molar-refractivity contribution < 1.29 is 0 Å². The van der Waals surface area contributed by atoms with Gasteiger partial charge in [-0.15, -0.1) is 11.3 Å². The number of aromatic nitrogens is 1. The molecule has 0 saturated carbocycles. The largest absolute Gasteiger partial charge is 0.304 e. The molecule has 1 atom stereocenters. The molecule has 0 radical (unpaired) electrons. The van der Waals surface area contributed by atoms with Gasteiger partial charge in [-0.2, -0.15) is 0 Å². The van der Waals surface area contributed by atoms with Gasteiger partial charge in [0, 0.05) is 5.38 Å². The summed E-state index contributed by atoms with van der Waals surface area (Å²) in [5, 5.41) is 7.92. The molecule has 0 saturated heterocycles. The van der Waals surface area contributed by atoms with Crippen LogP contribution in [0.2, 0.25) is 10.0 Å². The van der Waals surface area contributed by atoms with Gasteiger partial charge in [-0.1, -0.05) is 50.0 Å². The van der Waals surface area contributed by atoms with E-state index in [2.05, 4.69) is 31.5 Å². The van der Waals surface area contributed by atoms with E-state index in [0.29, 0.717) is 16.0 Å². The smallest absolute Gasteiger partial charge is 0.114 e. The van der Waals surface area contributed by atoms with E-state index in [1.54, 1.807) is 11.3 Å². The minimum absolute atomic E-state index is 0.0669. The van der Waals surface area contributed by atoms with Crippen LogP contribution in [0.5, 0.6) is 0 Å². The number of benzene rings is 1. The number of rotatable bonds is 6. The summed E-state index contributed by atoms with van der Waals surface area (Å²) in [4.78, 5) is 4.77. The zero-order chi connectivity index (χ0) is 15.4. The lowest BCUT2D eigenvalue weighted by atomic mass is 10.1. The van der Waals surface area contributed by atoms with Gasteiger partial charge in [0.25, 0.3) is 0 Å². The van der Waals surface area contributed by atoms with E-state index in [4.69, 9.17) is 28.2 Å². The molecular formula is C16H20Cl2N2S. The minimum Gasteiger partial charge on any atom is -0.304 e. The Morgan fingerprint density at radius 3 is 2.57 bits per heavy atom. The third kappa shape index (κ3) is 4.19. The first-order valence-electron chi connectivity index (χ1n) is 7.16. The molecule has 0 aliphatic heterocycles. The van der Waals surface area contributed by atoms with Gasteiger partial charge in [-0.05, 0) is 36.6 Å². The molecule has 0 amide bonds. The topological polar surface area (TPSA) is 24.9 Å². The van der Waals surface area contributed by atoms with E-state index in [1.807, 2.05) is 18.2 Å². The zero-order valence-corrected chi connectivity index (χ0v) is 14.8. The fraction of sp³-hybridized carbons (Fsp3) is 0.438. The number of thiazole rings is 1. The Kier molecular flexibility index (Phi) is 6.06. The monoisotopic (exact) mass is 342 g/mol. The highest BCUT2D eigenvalue weighted by Crippen LogP contribution is 2.31. The zero-order valence-electron chi connectivity index (χ0n) is 12.5. The van der Waals surface area contributed by atoms with Crippen LogP contribution in [0.3, 0.4) is 0 Å². The van der Waals surface area contributed by atoms with Crippen molar-refractivity contribution in [1.82, 2.24) is 10.3 Å². The van der Waals surface area contributed by atoms with Crippen molar-refractivity contribution in [2.75, 3.05) is 6.54 Å². The average molecular weight is 343 g/mol. The molecule has 5 heteroatoms. The van der Waals surface area contributed by atoms with E-state index >= 15 is 0 Å². The van der Waals surface area contributed by atoms with Crippen molar-refractivity contribution in [3.63, 3.8) is 0 Å². The van der Waals surface area contributed by atoms with Crippen LogP contribution in [0.15, 0.2) is 23.6 Å². The maximum atomic E-state index is 6.16. The summed E-state index contributed by atoms with van der Waals surface area (Å²) in [6.07, 6.45) is 1.07. The molecule has 2 rings (SSSR count). The molecule has 1 aromatic heterocycles. The molecule has 1 heterocycles. The van der Waals surface area contributed by atoms with Crippen molar-refractivity contribution in [2.24, 2.45) is 0 Å². The Hall–Kier alpha value is -0.610. The third-order valence-corrected chi connectivity index (χ3v) is 4.92. The van der Waals surface area contributed by atoms with Crippen LogP contribution in [0.1, 0.15) is 55.4 Å². The van der Waals surface area contributed by atoms with E-state index < -0.39 is 0 Å². The van der Waals surface area contributed by atoms with Gasteiger partial charge in [0.15, 0.2) is 0 Å². The summed E-state index contributed by atoms with van der Waals surface area (Å²) in [5.74, 6) is 0.440. The summed E-state index contributed by atoms with van der Waals surface area (Å²) in [5.41, 5.74) is 2.24. The highest BCUT2D eigenvalue weighted by Gasteiger charge is 2.19. The molecule has 0 aliphatic carbocycles. The Balaban J connectivity index is 2.34. The fourth-order valence-electron chi connectivity index (χ4n) is 2.03. The van der Waals surface area contributed by atoms with Gasteiger partial charge >= 0.3 is 0 Å². The number of hydrogen-bond acceptors (Lipinski definition) is 3. The number of nitrogens with one attached hydrogen (secondary N) is 1. The molecule has 0 bridgehead atoms. The summed E-state index contributed by atoms with van der Waals surface area (Å²) in [6.45, 7) is 7.40. The highest BCUT2D eigenvalue weighted by atomic mass is 35.5. The van der Waals surface area contributed by atoms with E-state index in [9.17, 15) is 0 Å². The third-order valence-electron chi connectivity index (χ3n) is 3.25.